The van der Waals surface area contributed by atoms with E-state index in [-0.39, 0.29) is 5.91 Å². The second-order valence-electron chi connectivity index (χ2n) is 5.64. The van der Waals surface area contributed by atoms with Crippen LogP contribution in [0.5, 0.6) is 0 Å². The van der Waals surface area contributed by atoms with E-state index in [1.807, 2.05) is 18.0 Å². The van der Waals surface area contributed by atoms with Crippen LogP contribution in [0.3, 0.4) is 0 Å². The number of hydrogen-bond acceptors (Lipinski definition) is 4. The molecule has 1 aliphatic heterocycles. The molecule has 1 atom stereocenters. The van der Waals surface area contributed by atoms with Crippen LogP contribution in [0.25, 0.3) is 0 Å². The van der Waals surface area contributed by atoms with Crippen molar-refractivity contribution in [3.05, 3.63) is 46.2 Å². The van der Waals surface area contributed by atoms with E-state index in [9.17, 15) is 4.79 Å². The Kier molecular flexibility index (Phi) is 4.29. The van der Waals surface area contributed by atoms with E-state index >= 15 is 0 Å². The fourth-order valence-corrected chi connectivity index (χ4v) is 3.43. The smallest absolute Gasteiger partial charge is 0.265 e. The molecular weight excluding hydrogens is 282 g/mol. The third-order valence-electron chi connectivity index (χ3n) is 3.95. The molecule has 0 aromatic carbocycles. The minimum Gasteiger partial charge on any atom is -0.338 e. The number of amides is 1. The zero-order chi connectivity index (χ0) is 14.7. The second-order valence-corrected chi connectivity index (χ2v) is 6.52. The lowest BCUT2D eigenvalue weighted by Gasteiger charge is -2.32. The molecule has 4 nitrogen and oxygen atoms in total. The van der Waals surface area contributed by atoms with Gasteiger partial charge in [0.05, 0.1) is 11.7 Å². The molecule has 1 fully saturated rings. The largest absolute Gasteiger partial charge is 0.338 e. The summed E-state index contributed by atoms with van der Waals surface area (Å²) in [6.07, 6.45) is 6.88. The molecule has 5 heteroatoms. The molecule has 1 saturated heterocycles. The molecule has 2 aromatic heterocycles. The highest BCUT2D eigenvalue weighted by molar-refractivity contribution is 7.11. The molecule has 0 spiro atoms. The molecule has 3 heterocycles. The fraction of sp³-hybridized carbons (Fsp3) is 0.438. The van der Waals surface area contributed by atoms with Crippen LogP contribution in [0.1, 0.15) is 33.8 Å². The molecule has 110 valence electrons. The minimum absolute atomic E-state index is 0.129. The molecule has 0 radical (unpaired) electrons. The Bertz CT molecular complexity index is 594. The first kappa shape index (κ1) is 14.2. The van der Waals surface area contributed by atoms with Gasteiger partial charge in [0.15, 0.2) is 0 Å². The first-order valence-electron chi connectivity index (χ1n) is 7.31. The molecule has 2 aromatic rings. The molecule has 0 saturated carbocycles. The van der Waals surface area contributed by atoms with Gasteiger partial charge in [-0.05, 0) is 43.7 Å². The summed E-state index contributed by atoms with van der Waals surface area (Å²) in [5, 5.41) is 0. The van der Waals surface area contributed by atoms with E-state index < -0.39 is 0 Å². The van der Waals surface area contributed by atoms with Crippen molar-refractivity contribution < 1.29 is 4.79 Å². The summed E-state index contributed by atoms with van der Waals surface area (Å²) < 4.78 is 0. The van der Waals surface area contributed by atoms with Crippen LogP contribution in [0.2, 0.25) is 0 Å². The van der Waals surface area contributed by atoms with Gasteiger partial charge in [-0.3, -0.25) is 14.8 Å². The molecule has 0 bridgehead atoms. The van der Waals surface area contributed by atoms with Crippen LogP contribution in [0.15, 0.2) is 30.0 Å². The Labute approximate surface area is 128 Å². The maximum atomic E-state index is 12.4. The SMILES string of the molecule is Cc1ccc(CC2CCCN(C(=O)c3cncs3)C2)cn1. The summed E-state index contributed by atoms with van der Waals surface area (Å²) in [4.78, 5) is 23.5. The molecule has 1 amide bonds. The van der Waals surface area contributed by atoms with Crippen molar-refractivity contribution >= 4 is 17.2 Å². The summed E-state index contributed by atoms with van der Waals surface area (Å²) in [7, 11) is 0. The number of nitrogens with zero attached hydrogens (tertiary/aromatic N) is 3. The van der Waals surface area contributed by atoms with Crippen molar-refractivity contribution in [1.82, 2.24) is 14.9 Å². The van der Waals surface area contributed by atoms with Crippen LogP contribution >= 0.6 is 11.3 Å². The number of likely N-dealkylation sites (tertiary alicyclic amines) is 1. The Morgan fingerprint density at radius 3 is 3.05 bits per heavy atom. The van der Waals surface area contributed by atoms with Gasteiger partial charge in [-0.1, -0.05) is 6.07 Å². The van der Waals surface area contributed by atoms with E-state index in [4.69, 9.17) is 0 Å². The van der Waals surface area contributed by atoms with Gasteiger partial charge in [0.1, 0.15) is 4.88 Å². The highest BCUT2D eigenvalue weighted by atomic mass is 32.1. The van der Waals surface area contributed by atoms with Crippen molar-refractivity contribution in [2.75, 3.05) is 13.1 Å². The summed E-state index contributed by atoms with van der Waals surface area (Å²) in [5.74, 6) is 0.657. The quantitative estimate of drug-likeness (QED) is 0.875. The number of carbonyl (C=O) groups is 1. The van der Waals surface area contributed by atoms with Crippen LogP contribution in [0, 0.1) is 12.8 Å². The topological polar surface area (TPSA) is 46.1 Å². The zero-order valence-corrected chi connectivity index (χ0v) is 13.0. The Hall–Kier alpha value is -1.75. The van der Waals surface area contributed by atoms with Crippen molar-refractivity contribution in [2.24, 2.45) is 5.92 Å². The minimum atomic E-state index is 0.129. The van der Waals surface area contributed by atoms with Crippen LogP contribution in [-0.2, 0) is 6.42 Å². The number of piperidine rings is 1. The number of aromatic nitrogens is 2. The Morgan fingerprint density at radius 1 is 1.43 bits per heavy atom. The van der Waals surface area contributed by atoms with E-state index in [2.05, 4.69) is 22.1 Å². The molecule has 0 aliphatic carbocycles. The third-order valence-corrected chi connectivity index (χ3v) is 4.71. The predicted molar refractivity (Wildman–Crippen MR) is 83.4 cm³/mol. The van der Waals surface area contributed by atoms with Crippen molar-refractivity contribution in [3.8, 4) is 0 Å². The first-order chi connectivity index (χ1) is 10.2. The van der Waals surface area contributed by atoms with Gasteiger partial charge >= 0.3 is 0 Å². The van der Waals surface area contributed by atoms with Gasteiger partial charge in [-0.2, -0.15) is 0 Å². The van der Waals surface area contributed by atoms with E-state index in [1.165, 1.54) is 23.3 Å². The number of pyridine rings is 1. The Balaban J connectivity index is 1.63. The highest BCUT2D eigenvalue weighted by Crippen LogP contribution is 2.22. The van der Waals surface area contributed by atoms with Gasteiger partial charge in [0, 0.05) is 25.0 Å². The number of hydrogen-bond donors (Lipinski definition) is 0. The van der Waals surface area contributed by atoms with Crippen LogP contribution in [-0.4, -0.2) is 33.9 Å². The molecule has 21 heavy (non-hydrogen) atoms. The van der Waals surface area contributed by atoms with Crippen LogP contribution in [0.4, 0.5) is 0 Å². The van der Waals surface area contributed by atoms with Gasteiger partial charge in [-0.25, -0.2) is 0 Å². The predicted octanol–water partition coefficient (Wildman–Crippen LogP) is 2.94. The van der Waals surface area contributed by atoms with E-state index in [0.29, 0.717) is 5.92 Å². The van der Waals surface area contributed by atoms with Gasteiger partial charge < -0.3 is 4.90 Å². The average Bonchev–Trinajstić information content (AvgIpc) is 3.03. The maximum Gasteiger partial charge on any atom is 0.265 e. The van der Waals surface area contributed by atoms with Gasteiger partial charge in [0.2, 0.25) is 0 Å². The highest BCUT2D eigenvalue weighted by Gasteiger charge is 2.25. The van der Waals surface area contributed by atoms with E-state index in [0.717, 1.165) is 36.5 Å². The number of thiazole rings is 1. The second kappa shape index (κ2) is 6.35. The fourth-order valence-electron chi connectivity index (χ4n) is 2.85. The number of rotatable bonds is 3. The number of aryl methyl sites for hydroxylation is 1. The zero-order valence-electron chi connectivity index (χ0n) is 12.2. The Morgan fingerprint density at radius 2 is 2.33 bits per heavy atom. The summed E-state index contributed by atoms with van der Waals surface area (Å²) in [6, 6.07) is 4.20. The summed E-state index contributed by atoms with van der Waals surface area (Å²) in [6.45, 7) is 3.70. The molecule has 3 rings (SSSR count). The van der Waals surface area contributed by atoms with Crippen molar-refractivity contribution in [3.63, 3.8) is 0 Å². The standard InChI is InChI=1S/C16H19N3OS/c1-12-4-5-13(8-18-12)7-14-3-2-6-19(10-14)16(20)15-9-17-11-21-15/h4-5,8-9,11,14H,2-3,6-7,10H2,1H3. The lowest BCUT2D eigenvalue weighted by atomic mass is 9.91. The third kappa shape index (κ3) is 3.47. The van der Waals surface area contributed by atoms with Crippen molar-refractivity contribution in [2.45, 2.75) is 26.2 Å². The molecular formula is C16H19N3OS. The first-order valence-corrected chi connectivity index (χ1v) is 8.19. The van der Waals surface area contributed by atoms with Crippen LogP contribution < -0.4 is 0 Å². The lowest BCUT2D eigenvalue weighted by molar-refractivity contribution is 0.0678. The normalized spacial score (nSPS) is 18.7. The summed E-state index contributed by atoms with van der Waals surface area (Å²) in [5.41, 5.74) is 4.02. The monoisotopic (exact) mass is 301 g/mol. The summed E-state index contributed by atoms with van der Waals surface area (Å²) >= 11 is 1.42. The van der Waals surface area contributed by atoms with Gasteiger partial charge in [0.25, 0.3) is 5.91 Å². The molecule has 0 N–H and O–H groups in total. The number of carbonyl (C=O) groups excluding carboxylic acids is 1. The van der Waals surface area contributed by atoms with E-state index in [1.54, 1.807) is 11.7 Å². The van der Waals surface area contributed by atoms with Gasteiger partial charge in [-0.15, -0.1) is 11.3 Å². The average molecular weight is 301 g/mol. The van der Waals surface area contributed by atoms with Crippen molar-refractivity contribution in [1.29, 1.82) is 0 Å². The molecule has 1 unspecified atom stereocenters. The molecule has 1 aliphatic rings. The maximum absolute atomic E-state index is 12.4. The lowest BCUT2D eigenvalue weighted by Crippen LogP contribution is -2.40.